The fourth-order valence-electron chi connectivity index (χ4n) is 2.40. The number of carbonyl (C=O) groups excluding carboxylic acids is 1. The van der Waals surface area contributed by atoms with Gasteiger partial charge in [-0.15, -0.1) is 11.3 Å². The van der Waals surface area contributed by atoms with Gasteiger partial charge in [0.1, 0.15) is 0 Å². The highest BCUT2D eigenvalue weighted by Crippen LogP contribution is 2.41. The topological polar surface area (TPSA) is 79.3 Å². The normalized spacial score (nSPS) is 17.6. The first kappa shape index (κ1) is 13.0. The van der Waals surface area contributed by atoms with E-state index in [1.807, 2.05) is 5.38 Å². The molecule has 0 unspecified atom stereocenters. The van der Waals surface area contributed by atoms with Crippen LogP contribution in [0.15, 0.2) is 10.9 Å². The van der Waals surface area contributed by atoms with Crippen molar-refractivity contribution in [1.29, 1.82) is 0 Å². The van der Waals surface area contributed by atoms with Crippen LogP contribution in [0, 0.1) is 5.41 Å². The van der Waals surface area contributed by atoms with Crippen LogP contribution in [-0.2, 0) is 16.1 Å². The molecule has 1 aliphatic rings. The molecule has 5 nitrogen and oxygen atoms in total. The van der Waals surface area contributed by atoms with Crippen molar-refractivity contribution in [3.05, 3.63) is 16.6 Å². The van der Waals surface area contributed by atoms with Crippen LogP contribution >= 0.6 is 11.3 Å². The summed E-state index contributed by atoms with van der Waals surface area (Å²) in [5.41, 5.74) is 1.67. The molecule has 0 aliphatic heterocycles. The van der Waals surface area contributed by atoms with Crippen molar-refractivity contribution in [3.63, 3.8) is 0 Å². The summed E-state index contributed by atoms with van der Waals surface area (Å²) in [6, 6.07) is 0. The molecule has 0 spiro atoms. The summed E-state index contributed by atoms with van der Waals surface area (Å²) in [5, 5.41) is 13.9. The highest BCUT2D eigenvalue weighted by atomic mass is 32.1. The molecule has 1 amide bonds. The number of nitrogens with one attached hydrogen (secondary N) is 1. The number of carboxylic acids is 1. The fourth-order valence-corrected chi connectivity index (χ4v) is 2.96. The van der Waals surface area contributed by atoms with E-state index in [9.17, 15) is 14.7 Å². The van der Waals surface area contributed by atoms with Gasteiger partial charge in [0.15, 0.2) is 0 Å². The van der Waals surface area contributed by atoms with E-state index in [1.165, 1.54) is 11.3 Å². The number of carboxylic acid groups (broad SMARTS) is 1. The van der Waals surface area contributed by atoms with Gasteiger partial charge in [-0.2, -0.15) is 0 Å². The predicted octanol–water partition coefficient (Wildman–Crippen LogP) is 1.79. The van der Waals surface area contributed by atoms with E-state index >= 15 is 0 Å². The predicted molar refractivity (Wildman–Crippen MR) is 67.1 cm³/mol. The van der Waals surface area contributed by atoms with Crippen LogP contribution in [0.1, 0.15) is 37.8 Å². The van der Waals surface area contributed by atoms with Crippen LogP contribution in [0.3, 0.4) is 0 Å². The minimum atomic E-state index is -0.844. The van der Waals surface area contributed by atoms with Gasteiger partial charge in [0.05, 0.1) is 23.2 Å². The Kier molecular flexibility index (Phi) is 3.96. The van der Waals surface area contributed by atoms with Crippen LogP contribution in [-0.4, -0.2) is 22.0 Å². The molecule has 1 aromatic rings. The first-order valence-corrected chi connectivity index (χ1v) is 6.94. The summed E-state index contributed by atoms with van der Waals surface area (Å²) in [6.07, 6.45) is 3.07. The molecular formula is C12H16N2O3S. The van der Waals surface area contributed by atoms with Crippen LogP contribution in [0.5, 0.6) is 0 Å². The average molecular weight is 268 g/mol. The molecule has 1 fully saturated rings. The molecule has 2 N–H and O–H groups in total. The highest BCUT2D eigenvalue weighted by molar-refractivity contribution is 7.07. The third-order valence-corrected chi connectivity index (χ3v) is 4.10. The van der Waals surface area contributed by atoms with Crippen molar-refractivity contribution in [1.82, 2.24) is 10.3 Å². The molecule has 1 heterocycles. The van der Waals surface area contributed by atoms with E-state index in [1.54, 1.807) is 5.51 Å². The molecule has 6 heteroatoms. The van der Waals surface area contributed by atoms with Gasteiger partial charge in [0, 0.05) is 11.8 Å². The van der Waals surface area contributed by atoms with E-state index in [0.717, 1.165) is 18.5 Å². The second kappa shape index (κ2) is 5.48. The summed E-state index contributed by atoms with van der Waals surface area (Å²) in [5.74, 6) is -1.05. The van der Waals surface area contributed by atoms with Crippen LogP contribution in [0.4, 0.5) is 0 Å². The molecule has 0 atom stereocenters. The maximum absolute atomic E-state index is 11.8. The lowest BCUT2D eigenvalue weighted by Crippen LogP contribution is -2.35. The molecule has 0 radical (unpaired) electrons. The number of aliphatic carboxylic acids is 1. The molecule has 0 bridgehead atoms. The Morgan fingerprint density at radius 3 is 2.72 bits per heavy atom. The van der Waals surface area contributed by atoms with Crippen LogP contribution < -0.4 is 5.32 Å². The van der Waals surface area contributed by atoms with Gasteiger partial charge in [-0.3, -0.25) is 9.59 Å². The number of hydrogen-bond donors (Lipinski definition) is 2. The van der Waals surface area contributed by atoms with E-state index in [-0.39, 0.29) is 12.3 Å². The lowest BCUT2D eigenvalue weighted by atomic mass is 9.82. The largest absolute Gasteiger partial charge is 0.481 e. The highest BCUT2D eigenvalue weighted by Gasteiger charge is 2.42. The van der Waals surface area contributed by atoms with Gasteiger partial charge in [0.25, 0.3) is 0 Å². The Balaban J connectivity index is 1.88. The minimum absolute atomic E-state index is 0.0759. The van der Waals surface area contributed by atoms with Crippen LogP contribution in [0.2, 0.25) is 0 Å². The van der Waals surface area contributed by atoms with Crippen molar-refractivity contribution in [2.24, 2.45) is 5.41 Å². The van der Waals surface area contributed by atoms with Gasteiger partial charge in [0.2, 0.25) is 5.91 Å². The van der Waals surface area contributed by atoms with E-state index in [4.69, 9.17) is 0 Å². The second-order valence-corrected chi connectivity index (χ2v) is 5.44. The maximum atomic E-state index is 11.8. The smallest absolute Gasteiger partial charge is 0.310 e. The molecule has 2 rings (SSSR count). The van der Waals surface area contributed by atoms with Crippen molar-refractivity contribution in [2.45, 2.75) is 38.6 Å². The SMILES string of the molecule is O=C(CC1(C(=O)O)CCCC1)NCc1cscn1. The van der Waals surface area contributed by atoms with Crippen molar-refractivity contribution in [2.75, 3.05) is 0 Å². The van der Waals surface area contributed by atoms with Crippen molar-refractivity contribution in [3.8, 4) is 0 Å². The quantitative estimate of drug-likeness (QED) is 0.853. The van der Waals surface area contributed by atoms with Gasteiger partial charge in [-0.05, 0) is 12.8 Å². The first-order chi connectivity index (χ1) is 8.62. The van der Waals surface area contributed by atoms with Crippen molar-refractivity contribution >= 4 is 23.2 Å². The molecule has 1 saturated carbocycles. The molecule has 1 aromatic heterocycles. The maximum Gasteiger partial charge on any atom is 0.310 e. The summed E-state index contributed by atoms with van der Waals surface area (Å²) in [7, 11) is 0. The summed E-state index contributed by atoms with van der Waals surface area (Å²) >= 11 is 1.47. The Morgan fingerprint density at radius 1 is 1.44 bits per heavy atom. The summed E-state index contributed by atoms with van der Waals surface area (Å²) < 4.78 is 0. The zero-order valence-corrected chi connectivity index (χ0v) is 10.8. The van der Waals surface area contributed by atoms with Gasteiger partial charge in [-0.1, -0.05) is 12.8 Å². The number of aromatic nitrogens is 1. The van der Waals surface area contributed by atoms with Gasteiger partial charge >= 0.3 is 5.97 Å². The van der Waals surface area contributed by atoms with Gasteiger partial charge < -0.3 is 10.4 Å². The van der Waals surface area contributed by atoms with Crippen LogP contribution in [0.25, 0.3) is 0 Å². The number of amides is 1. The third kappa shape index (κ3) is 2.87. The number of thiazole rings is 1. The standard InChI is InChI=1S/C12H16N2O3S/c15-10(13-6-9-7-18-8-14-9)5-12(11(16)17)3-1-2-4-12/h7-8H,1-6H2,(H,13,15)(H,16,17). The zero-order valence-electron chi connectivity index (χ0n) is 10.0. The molecule has 0 aromatic carbocycles. The molecule has 1 aliphatic carbocycles. The minimum Gasteiger partial charge on any atom is -0.481 e. The Bertz CT molecular complexity index is 425. The molecule has 98 valence electrons. The average Bonchev–Trinajstić information content (AvgIpc) is 2.97. The fraction of sp³-hybridized carbons (Fsp3) is 0.583. The number of hydrogen-bond acceptors (Lipinski definition) is 4. The first-order valence-electron chi connectivity index (χ1n) is 6.00. The van der Waals surface area contributed by atoms with Gasteiger partial charge in [-0.25, -0.2) is 4.98 Å². The monoisotopic (exact) mass is 268 g/mol. The Hall–Kier alpha value is -1.43. The molecule has 0 saturated heterocycles. The molecular weight excluding hydrogens is 252 g/mol. The second-order valence-electron chi connectivity index (χ2n) is 4.73. The Morgan fingerprint density at radius 2 is 2.17 bits per heavy atom. The Labute approximate surface area is 109 Å². The third-order valence-electron chi connectivity index (χ3n) is 3.46. The summed E-state index contributed by atoms with van der Waals surface area (Å²) in [4.78, 5) is 27.2. The molecule has 18 heavy (non-hydrogen) atoms. The van der Waals surface area contributed by atoms with Crippen molar-refractivity contribution < 1.29 is 14.7 Å². The number of rotatable bonds is 5. The lowest BCUT2D eigenvalue weighted by molar-refractivity contribution is -0.151. The van der Waals surface area contributed by atoms with E-state index < -0.39 is 11.4 Å². The van der Waals surface area contributed by atoms with E-state index in [0.29, 0.717) is 19.4 Å². The number of carbonyl (C=O) groups is 2. The number of nitrogens with zero attached hydrogens (tertiary/aromatic N) is 1. The zero-order chi connectivity index (χ0) is 13.0. The summed E-state index contributed by atoms with van der Waals surface area (Å²) in [6.45, 7) is 0.373. The lowest BCUT2D eigenvalue weighted by Gasteiger charge is -2.22. The van der Waals surface area contributed by atoms with E-state index in [2.05, 4.69) is 10.3 Å².